The Labute approximate surface area is 275 Å². The number of fused-ring (bicyclic) bond motifs is 1. The molecular weight excluding hydrogens is 619 g/mol. The fourth-order valence-electron chi connectivity index (χ4n) is 5.43. The number of nitrogens with one attached hydrogen (secondary N) is 4. The molecule has 15 heteroatoms. The van der Waals surface area contributed by atoms with E-state index in [-0.39, 0.29) is 30.2 Å². The summed E-state index contributed by atoms with van der Waals surface area (Å²) < 4.78 is 18.8. The van der Waals surface area contributed by atoms with Crippen molar-refractivity contribution in [1.29, 1.82) is 0 Å². The van der Waals surface area contributed by atoms with E-state index in [2.05, 4.69) is 45.8 Å². The van der Waals surface area contributed by atoms with Crippen LogP contribution in [0.15, 0.2) is 72.8 Å². The molecule has 3 heterocycles. The number of ether oxygens (including phenoxy) is 1. The first-order chi connectivity index (χ1) is 23.3. The average Bonchev–Trinajstić information content (AvgIpc) is 3.49. The molecule has 3 aromatic carbocycles. The van der Waals surface area contributed by atoms with Crippen LogP contribution in [0, 0.1) is 5.82 Å². The van der Waals surface area contributed by atoms with Crippen molar-refractivity contribution in [3.63, 3.8) is 0 Å². The molecule has 1 amide bonds. The van der Waals surface area contributed by atoms with E-state index in [1.54, 1.807) is 6.07 Å². The Morgan fingerprint density at radius 2 is 1.67 bits per heavy atom. The third kappa shape index (κ3) is 8.30. The molecule has 0 radical (unpaired) electrons. The van der Waals surface area contributed by atoms with Gasteiger partial charge >= 0.3 is 12.1 Å². The number of methoxy groups -OCH3 is 1. The van der Waals surface area contributed by atoms with Crippen molar-refractivity contribution in [3.05, 3.63) is 95.6 Å². The quantitative estimate of drug-likeness (QED) is 0.121. The van der Waals surface area contributed by atoms with Crippen LogP contribution in [0.5, 0.6) is 0 Å². The maximum Gasteiger partial charge on any atom is 0.407 e. The van der Waals surface area contributed by atoms with Crippen molar-refractivity contribution in [3.8, 4) is 0 Å². The Kier molecular flexibility index (Phi) is 9.85. The molecular formula is C33H35FN10O4. The zero-order chi connectivity index (χ0) is 33.5. The normalized spacial score (nSPS) is 14.0. The summed E-state index contributed by atoms with van der Waals surface area (Å²) in [6.45, 7) is 3.07. The van der Waals surface area contributed by atoms with Crippen LogP contribution in [-0.2, 0) is 29.0 Å². The number of anilines is 4. The highest BCUT2D eigenvalue weighted by atomic mass is 19.1. The zero-order valence-corrected chi connectivity index (χ0v) is 26.2. The fourth-order valence-corrected chi connectivity index (χ4v) is 5.43. The van der Waals surface area contributed by atoms with E-state index in [0.29, 0.717) is 56.0 Å². The highest BCUT2D eigenvalue weighted by molar-refractivity contribution is 5.79. The lowest BCUT2D eigenvalue weighted by molar-refractivity contribution is -0.141. The second-order valence-corrected chi connectivity index (χ2v) is 11.3. The van der Waals surface area contributed by atoms with Crippen LogP contribution in [0.4, 0.5) is 32.7 Å². The molecule has 0 bridgehead atoms. The summed E-state index contributed by atoms with van der Waals surface area (Å²) in [6, 6.07) is 20.9. The maximum absolute atomic E-state index is 13.7. The molecule has 14 nitrogen and oxygen atoms in total. The number of H-pyrrole nitrogens is 1. The lowest BCUT2D eigenvalue weighted by Crippen LogP contribution is -2.47. The number of halogens is 1. The van der Waals surface area contributed by atoms with Gasteiger partial charge in [-0.2, -0.15) is 15.0 Å². The summed E-state index contributed by atoms with van der Waals surface area (Å²) >= 11 is 0. The summed E-state index contributed by atoms with van der Waals surface area (Å²) in [4.78, 5) is 48.9. The van der Waals surface area contributed by atoms with E-state index in [9.17, 15) is 19.1 Å². The molecule has 0 aliphatic carbocycles. The fraction of sp³-hybridized carbons (Fsp3) is 0.273. The van der Waals surface area contributed by atoms with Gasteiger partial charge in [-0.3, -0.25) is 4.90 Å². The molecule has 1 aliphatic rings. The average molecular weight is 655 g/mol. The van der Waals surface area contributed by atoms with Crippen molar-refractivity contribution >= 4 is 46.6 Å². The van der Waals surface area contributed by atoms with Gasteiger partial charge < -0.3 is 35.7 Å². The minimum Gasteiger partial charge on any atom is -0.467 e. The van der Waals surface area contributed by atoms with E-state index in [0.717, 1.165) is 16.8 Å². The number of piperazine rings is 1. The number of aromatic amines is 1. The monoisotopic (exact) mass is 654 g/mol. The van der Waals surface area contributed by atoms with Gasteiger partial charge in [-0.1, -0.05) is 42.5 Å². The molecule has 248 valence electrons. The van der Waals surface area contributed by atoms with E-state index >= 15 is 0 Å². The number of amides is 1. The lowest BCUT2D eigenvalue weighted by atomic mass is 10.1. The molecule has 0 saturated carbocycles. The Morgan fingerprint density at radius 3 is 2.44 bits per heavy atom. The number of aromatic nitrogens is 5. The Morgan fingerprint density at radius 1 is 0.917 bits per heavy atom. The molecule has 1 atom stereocenters. The first kappa shape index (κ1) is 32.1. The van der Waals surface area contributed by atoms with Gasteiger partial charge in [0.05, 0.1) is 24.7 Å². The topological polar surface area (TPSA) is 174 Å². The van der Waals surface area contributed by atoms with Crippen LogP contribution in [-0.4, -0.2) is 91.2 Å². The minimum atomic E-state index is -0.896. The molecule has 1 saturated heterocycles. The predicted molar refractivity (Wildman–Crippen MR) is 177 cm³/mol. The van der Waals surface area contributed by atoms with Gasteiger partial charge in [0.2, 0.25) is 17.8 Å². The predicted octanol–water partition coefficient (Wildman–Crippen LogP) is 4.23. The number of carboxylic acid groups (broad SMARTS) is 1. The molecule has 2 aromatic heterocycles. The van der Waals surface area contributed by atoms with Crippen LogP contribution in [0.3, 0.4) is 0 Å². The number of benzene rings is 3. The smallest absolute Gasteiger partial charge is 0.407 e. The maximum atomic E-state index is 13.7. The van der Waals surface area contributed by atoms with Crippen molar-refractivity contribution in [1.82, 2.24) is 34.7 Å². The van der Waals surface area contributed by atoms with Gasteiger partial charge in [0.25, 0.3) is 0 Å². The molecule has 48 heavy (non-hydrogen) atoms. The number of esters is 1. The summed E-state index contributed by atoms with van der Waals surface area (Å²) in [6.07, 6.45) is -0.560. The molecule has 5 aromatic rings. The Hall–Kier alpha value is -5.83. The number of carbonyl (C=O) groups is 2. The Balaban J connectivity index is 1.22. The summed E-state index contributed by atoms with van der Waals surface area (Å²) in [7, 11) is 1.33. The highest BCUT2D eigenvalue weighted by Crippen LogP contribution is 2.21. The number of carbonyl (C=O) groups excluding carboxylic acids is 1. The van der Waals surface area contributed by atoms with Crippen molar-refractivity contribution in [2.24, 2.45) is 0 Å². The summed E-state index contributed by atoms with van der Waals surface area (Å²) in [5.74, 6) is 0.272. The van der Waals surface area contributed by atoms with Gasteiger partial charge in [0, 0.05) is 44.8 Å². The van der Waals surface area contributed by atoms with Crippen molar-refractivity contribution in [2.45, 2.75) is 25.6 Å². The molecule has 5 N–H and O–H groups in total. The summed E-state index contributed by atoms with van der Waals surface area (Å²) in [5, 5.41) is 18.8. The van der Waals surface area contributed by atoms with E-state index in [1.807, 2.05) is 54.6 Å². The SMILES string of the molecule is COC(=O)[C@H](Cc1ccccc1)Nc1nc(NCc2nc3ccc(F)cc3[nH]2)nc(Nc2cccc(CN3CCN(C(=O)O)CC3)c2)n1. The van der Waals surface area contributed by atoms with E-state index in [4.69, 9.17) is 4.74 Å². The van der Waals surface area contributed by atoms with Gasteiger partial charge in [0.15, 0.2) is 0 Å². The molecule has 1 fully saturated rings. The van der Waals surface area contributed by atoms with Crippen molar-refractivity contribution < 1.29 is 23.8 Å². The van der Waals surface area contributed by atoms with Crippen LogP contribution < -0.4 is 16.0 Å². The van der Waals surface area contributed by atoms with Gasteiger partial charge in [0.1, 0.15) is 17.7 Å². The van der Waals surface area contributed by atoms with Gasteiger partial charge in [-0.15, -0.1) is 0 Å². The van der Waals surface area contributed by atoms with Crippen LogP contribution in [0.25, 0.3) is 11.0 Å². The number of rotatable bonds is 12. The molecule has 6 rings (SSSR count). The second-order valence-electron chi connectivity index (χ2n) is 11.3. The molecule has 1 aliphatic heterocycles. The first-order valence-electron chi connectivity index (χ1n) is 15.4. The number of hydrogen-bond donors (Lipinski definition) is 5. The third-order valence-electron chi connectivity index (χ3n) is 7.85. The van der Waals surface area contributed by atoms with E-state index in [1.165, 1.54) is 24.1 Å². The minimum absolute atomic E-state index is 0.139. The lowest BCUT2D eigenvalue weighted by Gasteiger charge is -2.33. The molecule has 0 spiro atoms. The number of nitrogens with zero attached hydrogens (tertiary/aromatic N) is 6. The van der Waals surface area contributed by atoms with E-state index < -0.39 is 18.1 Å². The summed E-state index contributed by atoms with van der Waals surface area (Å²) in [5.41, 5.74) is 3.88. The van der Waals surface area contributed by atoms with Gasteiger partial charge in [-0.05, 0) is 41.5 Å². The number of hydrogen-bond acceptors (Lipinski definition) is 11. The standard InChI is InChI=1S/C33H35FN10O4/c1-48-29(45)27(17-21-6-3-2-4-7-21)39-32-41-30(35-19-28-37-25-11-10-23(34)18-26(25)38-28)40-31(42-32)36-24-9-5-8-22(16-24)20-43-12-14-44(15-13-43)33(46)47/h2-11,16,18,27H,12-15,17,19-20H2,1H3,(H,37,38)(H,46,47)(H3,35,36,39,40,41,42)/t27-/m0/s1. The largest absolute Gasteiger partial charge is 0.467 e. The first-order valence-corrected chi connectivity index (χ1v) is 15.4. The van der Waals surface area contributed by atoms with Crippen LogP contribution >= 0.6 is 0 Å². The number of imidazole rings is 1. The van der Waals surface area contributed by atoms with Gasteiger partial charge in [-0.25, -0.2) is 19.0 Å². The molecule has 0 unspecified atom stereocenters. The third-order valence-corrected chi connectivity index (χ3v) is 7.85. The van der Waals surface area contributed by atoms with Crippen LogP contribution in [0.1, 0.15) is 17.0 Å². The van der Waals surface area contributed by atoms with Crippen molar-refractivity contribution in [2.75, 3.05) is 49.2 Å². The second kappa shape index (κ2) is 14.7. The Bertz CT molecular complexity index is 1880. The zero-order valence-electron chi connectivity index (χ0n) is 26.2. The highest BCUT2D eigenvalue weighted by Gasteiger charge is 2.23. The van der Waals surface area contributed by atoms with Crippen LogP contribution in [0.2, 0.25) is 0 Å².